The number of tetrazole rings is 1. The van der Waals surface area contributed by atoms with Gasteiger partial charge in [0, 0.05) is 5.56 Å². The summed E-state index contributed by atoms with van der Waals surface area (Å²) in [6.45, 7) is 0. The van der Waals surface area contributed by atoms with E-state index in [0.717, 1.165) is 5.56 Å². The van der Waals surface area contributed by atoms with Crippen LogP contribution in [-0.2, 0) is 0 Å². The van der Waals surface area contributed by atoms with Crippen LogP contribution in [0.1, 0.15) is 0 Å². The average molecular weight is 285 g/mol. The van der Waals surface area contributed by atoms with Gasteiger partial charge >= 0.3 is 0 Å². The quantitative estimate of drug-likeness (QED) is 0.745. The molecule has 1 aromatic heterocycles. The lowest BCUT2D eigenvalue weighted by Crippen LogP contribution is -2.00. The smallest absolute Gasteiger partial charge is 0.187 e. The number of aromatic nitrogens is 4. The lowest BCUT2D eigenvalue weighted by molar-refractivity contribution is 0.417. The number of benzene rings is 2. The fraction of sp³-hybridized carbons (Fsp3) is 0.0714. The van der Waals surface area contributed by atoms with Crippen molar-refractivity contribution in [3.05, 3.63) is 48.3 Å². The van der Waals surface area contributed by atoms with Gasteiger partial charge in [-0.05, 0) is 52.9 Å². The van der Waals surface area contributed by atoms with E-state index in [9.17, 15) is 4.39 Å². The van der Waals surface area contributed by atoms with Crippen LogP contribution in [0.5, 0.6) is 5.75 Å². The number of methoxy groups -OCH3 is 1. The zero-order chi connectivity index (χ0) is 14.8. The van der Waals surface area contributed by atoms with Gasteiger partial charge in [0.1, 0.15) is 11.6 Å². The molecular formula is C14H12FN5O. The van der Waals surface area contributed by atoms with Gasteiger partial charge < -0.3 is 10.5 Å². The number of hydrogen-bond acceptors (Lipinski definition) is 5. The summed E-state index contributed by atoms with van der Waals surface area (Å²) >= 11 is 0. The lowest BCUT2D eigenvalue weighted by Gasteiger charge is -2.07. The highest BCUT2D eigenvalue weighted by Gasteiger charge is 2.12. The predicted octanol–water partition coefficient (Wildman–Crippen LogP) is 2.06. The SMILES string of the molecule is COc1ccc(-c2nnnn2-c2ccc(F)cc2)cc1N. The van der Waals surface area contributed by atoms with Crippen LogP contribution in [0.3, 0.4) is 0 Å². The van der Waals surface area contributed by atoms with E-state index in [-0.39, 0.29) is 5.82 Å². The zero-order valence-electron chi connectivity index (χ0n) is 11.2. The van der Waals surface area contributed by atoms with Crippen molar-refractivity contribution in [3.63, 3.8) is 0 Å². The van der Waals surface area contributed by atoms with Crippen molar-refractivity contribution >= 4 is 5.69 Å². The molecule has 0 aliphatic rings. The normalized spacial score (nSPS) is 10.6. The maximum Gasteiger partial charge on any atom is 0.187 e. The molecule has 106 valence electrons. The van der Waals surface area contributed by atoms with Crippen LogP contribution in [0.25, 0.3) is 17.1 Å². The Kier molecular flexibility index (Phi) is 3.23. The second-order valence-corrected chi connectivity index (χ2v) is 4.35. The fourth-order valence-corrected chi connectivity index (χ4v) is 2.00. The molecule has 0 unspecified atom stereocenters. The average Bonchev–Trinajstić information content (AvgIpc) is 2.97. The van der Waals surface area contributed by atoms with E-state index in [2.05, 4.69) is 15.5 Å². The molecule has 3 aromatic rings. The van der Waals surface area contributed by atoms with Crippen molar-refractivity contribution in [2.24, 2.45) is 0 Å². The first-order valence-corrected chi connectivity index (χ1v) is 6.17. The van der Waals surface area contributed by atoms with Gasteiger partial charge in [0.15, 0.2) is 5.82 Å². The summed E-state index contributed by atoms with van der Waals surface area (Å²) in [5.74, 6) is 0.776. The fourth-order valence-electron chi connectivity index (χ4n) is 2.00. The molecule has 3 rings (SSSR count). The van der Waals surface area contributed by atoms with Crippen molar-refractivity contribution in [2.45, 2.75) is 0 Å². The predicted molar refractivity (Wildman–Crippen MR) is 75.5 cm³/mol. The largest absolute Gasteiger partial charge is 0.495 e. The number of rotatable bonds is 3. The van der Waals surface area contributed by atoms with Crippen molar-refractivity contribution in [2.75, 3.05) is 12.8 Å². The van der Waals surface area contributed by atoms with Crippen LogP contribution >= 0.6 is 0 Å². The van der Waals surface area contributed by atoms with E-state index in [1.807, 2.05) is 0 Å². The van der Waals surface area contributed by atoms with E-state index >= 15 is 0 Å². The van der Waals surface area contributed by atoms with E-state index < -0.39 is 0 Å². The Labute approximate surface area is 120 Å². The van der Waals surface area contributed by atoms with E-state index in [1.54, 1.807) is 37.4 Å². The minimum Gasteiger partial charge on any atom is -0.495 e. The molecule has 0 fully saturated rings. The first kappa shape index (κ1) is 13.0. The molecule has 0 bridgehead atoms. The molecular weight excluding hydrogens is 273 g/mol. The van der Waals surface area contributed by atoms with Crippen LogP contribution in [0.15, 0.2) is 42.5 Å². The maximum absolute atomic E-state index is 13.0. The van der Waals surface area contributed by atoms with Crippen LogP contribution in [0.4, 0.5) is 10.1 Å². The topological polar surface area (TPSA) is 78.9 Å². The van der Waals surface area contributed by atoms with Crippen LogP contribution in [0, 0.1) is 5.82 Å². The molecule has 2 aromatic carbocycles. The van der Waals surface area contributed by atoms with Crippen LogP contribution in [-0.4, -0.2) is 27.3 Å². The summed E-state index contributed by atoms with van der Waals surface area (Å²) in [5, 5.41) is 11.6. The molecule has 0 aliphatic carbocycles. The summed E-state index contributed by atoms with van der Waals surface area (Å²) < 4.78 is 19.6. The minimum absolute atomic E-state index is 0.318. The van der Waals surface area contributed by atoms with Gasteiger partial charge in [-0.2, -0.15) is 4.68 Å². The highest BCUT2D eigenvalue weighted by Crippen LogP contribution is 2.27. The van der Waals surface area contributed by atoms with Gasteiger partial charge in [0.05, 0.1) is 18.5 Å². The monoisotopic (exact) mass is 285 g/mol. The molecule has 0 atom stereocenters. The van der Waals surface area contributed by atoms with E-state index in [0.29, 0.717) is 22.9 Å². The molecule has 0 aliphatic heterocycles. The van der Waals surface area contributed by atoms with Crippen LogP contribution < -0.4 is 10.5 Å². The molecule has 6 nitrogen and oxygen atoms in total. The number of ether oxygens (including phenoxy) is 1. The Morgan fingerprint density at radius 2 is 1.90 bits per heavy atom. The standard InChI is InChI=1S/C14H12FN5O/c1-21-13-7-2-9(8-12(13)16)14-17-18-19-20(14)11-5-3-10(15)4-6-11/h2-8H,16H2,1H3. The van der Waals surface area contributed by atoms with E-state index in [4.69, 9.17) is 10.5 Å². The van der Waals surface area contributed by atoms with Crippen molar-refractivity contribution in [1.82, 2.24) is 20.2 Å². The minimum atomic E-state index is -0.318. The number of nitrogens with zero attached hydrogens (tertiary/aromatic N) is 4. The summed E-state index contributed by atoms with van der Waals surface area (Å²) in [7, 11) is 1.55. The molecule has 0 saturated heterocycles. The number of hydrogen-bond donors (Lipinski definition) is 1. The molecule has 1 heterocycles. The second kappa shape index (κ2) is 5.20. The van der Waals surface area contributed by atoms with Gasteiger partial charge in [-0.25, -0.2) is 4.39 Å². The molecule has 0 saturated carbocycles. The third-order valence-corrected chi connectivity index (χ3v) is 3.03. The Balaban J connectivity index is 2.06. The molecule has 0 radical (unpaired) electrons. The third-order valence-electron chi connectivity index (χ3n) is 3.03. The third kappa shape index (κ3) is 2.40. The Bertz CT molecular complexity index is 769. The highest BCUT2D eigenvalue weighted by atomic mass is 19.1. The summed E-state index contributed by atoms with van der Waals surface area (Å²) in [6.07, 6.45) is 0. The Morgan fingerprint density at radius 1 is 1.14 bits per heavy atom. The van der Waals surface area contributed by atoms with E-state index in [1.165, 1.54) is 16.8 Å². The van der Waals surface area contributed by atoms with Gasteiger partial charge in [-0.1, -0.05) is 0 Å². The number of anilines is 1. The summed E-state index contributed by atoms with van der Waals surface area (Å²) in [5.41, 5.74) is 7.78. The molecule has 2 N–H and O–H groups in total. The Morgan fingerprint density at radius 3 is 2.57 bits per heavy atom. The van der Waals surface area contributed by atoms with Gasteiger partial charge in [-0.3, -0.25) is 0 Å². The summed E-state index contributed by atoms with van der Waals surface area (Å²) in [4.78, 5) is 0. The summed E-state index contributed by atoms with van der Waals surface area (Å²) in [6, 6.07) is 11.2. The van der Waals surface area contributed by atoms with Crippen molar-refractivity contribution in [1.29, 1.82) is 0 Å². The lowest BCUT2D eigenvalue weighted by atomic mass is 10.1. The number of nitrogens with two attached hydrogens (primary N) is 1. The highest BCUT2D eigenvalue weighted by molar-refractivity contribution is 5.67. The second-order valence-electron chi connectivity index (χ2n) is 4.35. The molecule has 0 amide bonds. The zero-order valence-corrected chi connectivity index (χ0v) is 11.2. The van der Waals surface area contributed by atoms with Gasteiger partial charge in [0.25, 0.3) is 0 Å². The number of halogens is 1. The van der Waals surface area contributed by atoms with Gasteiger partial charge in [0.2, 0.25) is 0 Å². The van der Waals surface area contributed by atoms with Crippen molar-refractivity contribution < 1.29 is 9.13 Å². The number of nitrogen functional groups attached to an aromatic ring is 1. The van der Waals surface area contributed by atoms with Gasteiger partial charge in [-0.15, -0.1) is 5.10 Å². The first-order chi connectivity index (χ1) is 10.2. The maximum atomic E-state index is 13.0. The molecule has 0 spiro atoms. The molecule has 7 heteroatoms. The first-order valence-electron chi connectivity index (χ1n) is 6.17. The van der Waals surface area contributed by atoms with Crippen LogP contribution in [0.2, 0.25) is 0 Å². The molecule has 21 heavy (non-hydrogen) atoms. The Hall–Kier alpha value is -2.96. The van der Waals surface area contributed by atoms with Crippen molar-refractivity contribution in [3.8, 4) is 22.8 Å².